The lowest BCUT2D eigenvalue weighted by molar-refractivity contribution is -0.119. The van der Waals surface area contributed by atoms with E-state index in [0.29, 0.717) is 0 Å². The number of amides is 1. The van der Waals surface area contributed by atoms with Crippen LogP contribution >= 0.6 is 0 Å². The van der Waals surface area contributed by atoms with E-state index in [1.165, 1.54) is 0 Å². The van der Waals surface area contributed by atoms with Gasteiger partial charge in [-0.15, -0.1) is 0 Å². The van der Waals surface area contributed by atoms with Crippen molar-refractivity contribution in [2.24, 2.45) is 11.7 Å². The average molecular weight is 234 g/mol. The molecule has 0 aromatic heterocycles. The summed E-state index contributed by atoms with van der Waals surface area (Å²) in [5.74, 6) is -0.0358. The summed E-state index contributed by atoms with van der Waals surface area (Å²) in [5.41, 5.74) is 7.58. The summed E-state index contributed by atoms with van der Waals surface area (Å²) in [4.78, 5) is 11.5. The molecule has 0 saturated heterocycles. The Morgan fingerprint density at radius 3 is 2.59 bits per heavy atom. The molecule has 0 aliphatic rings. The maximum Gasteiger partial charge on any atom is 0.240 e. The van der Waals surface area contributed by atoms with Gasteiger partial charge in [0.15, 0.2) is 0 Å². The minimum Gasteiger partial charge on any atom is -0.373 e. The average Bonchev–Trinajstić information content (AvgIpc) is 2.27. The number of rotatable bonds is 6. The van der Waals surface area contributed by atoms with Crippen LogP contribution in [0, 0.1) is 12.8 Å². The zero-order valence-electron chi connectivity index (χ0n) is 10.9. The molecule has 0 aliphatic heterocycles. The quantitative estimate of drug-likeness (QED) is 0.795. The van der Waals surface area contributed by atoms with Gasteiger partial charge in [-0.25, -0.2) is 0 Å². The van der Waals surface area contributed by atoms with Crippen LogP contribution in [0.3, 0.4) is 0 Å². The number of carbonyl (C=O) groups excluding carboxylic acids is 1. The number of nitrogens with one attached hydrogen (secondary N) is 1. The standard InChI is InChI=1S/C14H22N2O/c1-4-7-11(3)13(14(15)17)16-12-9-6-5-8-10(12)2/h5-6,8-9,11,13,16H,4,7H2,1-3H3,(H2,15,17). The van der Waals surface area contributed by atoms with Gasteiger partial charge in [0.05, 0.1) is 0 Å². The Morgan fingerprint density at radius 1 is 1.41 bits per heavy atom. The molecule has 0 heterocycles. The van der Waals surface area contributed by atoms with Crippen molar-refractivity contribution >= 4 is 11.6 Å². The number of hydrogen-bond donors (Lipinski definition) is 2. The number of nitrogens with two attached hydrogens (primary N) is 1. The van der Waals surface area contributed by atoms with Crippen molar-refractivity contribution in [3.63, 3.8) is 0 Å². The smallest absolute Gasteiger partial charge is 0.240 e. The van der Waals surface area contributed by atoms with E-state index in [-0.39, 0.29) is 17.9 Å². The summed E-state index contributed by atoms with van der Waals surface area (Å²) in [6.07, 6.45) is 2.05. The highest BCUT2D eigenvalue weighted by Crippen LogP contribution is 2.19. The maximum absolute atomic E-state index is 11.5. The molecule has 3 heteroatoms. The molecule has 0 fully saturated rings. The number of anilines is 1. The molecule has 1 aromatic rings. The number of para-hydroxylation sites is 1. The van der Waals surface area contributed by atoms with Crippen molar-refractivity contribution in [2.45, 2.75) is 39.7 Å². The fraction of sp³-hybridized carbons (Fsp3) is 0.500. The van der Waals surface area contributed by atoms with E-state index in [2.05, 4.69) is 19.2 Å². The fourth-order valence-corrected chi connectivity index (χ4v) is 2.02. The summed E-state index contributed by atoms with van der Waals surface area (Å²) in [6.45, 7) is 6.19. The molecule has 3 nitrogen and oxygen atoms in total. The monoisotopic (exact) mass is 234 g/mol. The van der Waals surface area contributed by atoms with Crippen LogP contribution in [-0.2, 0) is 4.79 Å². The molecular weight excluding hydrogens is 212 g/mol. The molecule has 1 rings (SSSR count). The minimum atomic E-state index is -0.295. The minimum absolute atomic E-state index is 0.247. The molecule has 0 radical (unpaired) electrons. The third-order valence-electron chi connectivity index (χ3n) is 3.08. The fourth-order valence-electron chi connectivity index (χ4n) is 2.02. The third-order valence-corrected chi connectivity index (χ3v) is 3.08. The van der Waals surface area contributed by atoms with Crippen LogP contribution in [0.25, 0.3) is 0 Å². The first-order valence-electron chi connectivity index (χ1n) is 6.17. The molecule has 17 heavy (non-hydrogen) atoms. The zero-order valence-corrected chi connectivity index (χ0v) is 10.9. The summed E-state index contributed by atoms with van der Waals surface area (Å²) in [7, 11) is 0. The van der Waals surface area contributed by atoms with Crippen LogP contribution in [0.2, 0.25) is 0 Å². The lowest BCUT2D eigenvalue weighted by atomic mass is 9.96. The van der Waals surface area contributed by atoms with E-state index in [1.54, 1.807) is 0 Å². The van der Waals surface area contributed by atoms with Crippen molar-refractivity contribution in [3.05, 3.63) is 29.8 Å². The first-order chi connectivity index (χ1) is 8.06. The Balaban J connectivity index is 2.80. The van der Waals surface area contributed by atoms with Crippen LogP contribution in [-0.4, -0.2) is 11.9 Å². The molecule has 3 N–H and O–H groups in total. The van der Waals surface area contributed by atoms with E-state index in [0.717, 1.165) is 24.1 Å². The Hall–Kier alpha value is -1.51. The second-order valence-electron chi connectivity index (χ2n) is 4.61. The SMILES string of the molecule is CCCC(C)C(Nc1ccccc1C)C(N)=O. The predicted octanol–water partition coefficient (Wildman–Crippen LogP) is 2.70. The van der Waals surface area contributed by atoms with Gasteiger partial charge >= 0.3 is 0 Å². The van der Waals surface area contributed by atoms with Crippen molar-refractivity contribution < 1.29 is 4.79 Å². The van der Waals surface area contributed by atoms with Crippen molar-refractivity contribution in [3.8, 4) is 0 Å². The van der Waals surface area contributed by atoms with E-state index in [1.807, 2.05) is 31.2 Å². The van der Waals surface area contributed by atoms with Gasteiger partial charge in [0, 0.05) is 5.69 Å². The number of aryl methyl sites for hydroxylation is 1. The van der Waals surface area contributed by atoms with E-state index >= 15 is 0 Å². The summed E-state index contributed by atoms with van der Waals surface area (Å²) >= 11 is 0. The topological polar surface area (TPSA) is 55.1 Å². The molecule has 0 saturated carbocycles. The second-order valence-corrected chi connectivity index (χ2v) is 4.61. The van der Waals surface area contributed by atoms with Gasteiger partial charge < -0.3 is 11.1 Å². The number of carbonyl (C=O) groups is 1. The van der Waals surface area contributed by atoms with Crippen LogP contribution in [0.5, 0.6) is 0 Å². The Kier molecular flexibility index (Phi) is 5.01. The van der Waals surface area contributed by atoms with Crippen molar-refractivity contribution in [2.75, 3.05) is 5.32 Å². The molecule has 0 spiro atoms. The maximum atomic E-state index is 11.5. The van der Waals surface area contributed by atoms with Gasteiger partial charge in [-0.2, -0.15) is 0 Å². The van der Waals surface area contributed by atoms with Gasteiger partial charge in [-0.3, -0.25) is 4.79 Å². The Bertz CT molecular complexity index is 376. The second kappa shape index (κ2) is 6.28. The molecule has 2 unspecified atom stereocenters. The Labute approximate surface area is 103 Å². The third kappa shape index (κ3) is 3.77. The molecule has 0 bridgehead atoms. The van der Waals surface area contributed by atoms with Crippen molar-refractivity contribution in [1.29, 1.82) is 0 Å². The first kappa shape index (κ1) is 13.6. The first-order valence-corrected chi connectivity index (χ1v) is 6.17. The highest BCUT2D eigenvalue weighted by molar-refractivity contribution is 5.83. The summed E-state index contributed by atoms with van der Waals surface area (Å²) in [6, 6.07) is 7.64. The lowest BCUT2D eigenvalue weighted by Gasteiger charge is -2.23. The zero-order chi connectivity index (χ0) is 12.8. The van der Waals surface area contributed by atoms with E-state index in [4.69, 9.17) is 5.73 Å². The van der Waals surface area contributed by atoms with E-state index in [9.17, 15) is 4.79 Å². The molecular formula is C14H22N2O. The predicted molar refractivity (Wildman–Crippen MR) is 71.9 cm³/mol. The highest BCUT2D eigenvalue weighted by Gasteiger charge is 2.22. The molecule has 1 amide bonds. The van der Waals surface area contributed by atoms with Gasteiger partial charge in [-0.05, 0) is 30.9 Å². The number of primary amides is 1. The van der Waals surface area contributed by atoms with E-state index < -0.39 is 0 Å². The van der Waals surface area contributed by atoms with Crippen molar-refractivity contribution in [1.82, 2.24) is 0 Å². The van der Waals surface area contributed by atoms with Crippen LogP contribution in [0.1, 0.15) is 32.3 Å². The normalized spacial score (nSPS) is 14.1. The lowest BCUT2D eigenvalue weighted by Crippen LogP contribution is -2.40. The molecule has 2 atom stereocenters. The molecule has 0 aliphatic carbocycles. The van der Waals surface area contributed by atoms with Gasteiger partial charge in [0.2, 0.25) is 5.91 Å². The largest absolute Gasteiger partial charge is 0.373 e. The van der Waals surface area contributed by atoms with Crippen LogP contribution in [0.4, 0.5) is 5.69 Å². The number of hydrogen-bond acceptors (Lipinski definition) is 2. The van der Waals surface area contributed by atoms with Crippen LogP contribution in [0.15, 0.2) is 24.3 Å². The summed E-state index contributed by atoms with van der Waals surface area (Å²) in [5, 5.41) is 3.26. The van der Waals surface area contributed by atoms with Crippen LogP contribution < -0.4 is 11.1 Å². The molecule has 94 valence electrons. The molecule has 1 aromatic carbocycles. The Morgan fingerprint density at radius 2 is 2.06 bits per heavy atom. The van der Waals surface area contributed by atoms with Gasteiger partial charge in [0.1, 0.15) is 6.04 Å². The number of benzene rings is 1. The highest BCUT2D eigenvalue weighted by atomic mass is 16.1. The summed E-state index contributed by atoms with van der Waals surface area (Å²) < 4.78 is 0. The van der Waals surface area contributed by atoms with Gasteiger partial charge in [-0.1, -0.05) is 38.5 Å². The van der Waals surface area contributed by atoms with Gasteiger partial charge in [0.25, 0.3) is 0 Å².